The van der Waals surface area contributed by atoms with Crippen LogP contribution in [0.1, 0.15) is 18.4 Å². The summed E-state index contributed by atoms with van der Waals surface area (Å²) in [6.45, 7) is 2.56. The van der Waals surface area contributed by atoms with Crippen molar-refractivity contribution in [3.8, 4) is 5.75 Å². The van der Waals surface area contributed by atoms with Crippen LogP contribution >= 0.6 is 24.8 Å². The van der Waals surface area contributed by atoms with E-state index < -0.39 is 0 Å². The number of benzene rings is 1. The lowest BCUT2D eigenvalue weighted by Gasteiger charge is -2.23. The molecule has 2 rings (SSSR count). The zero-order valence-corrected chi connectivity index (χ0v) is 11.6. The Hall–Kier alpha value is -0.550. The third-order valence-electron chi connectivity index (χ3n) is 2.96. The maximum atomic E-state index is 13.0. The van der Waals surface area contributed by atoms with Crippen LogP contribution in [0.2, 0.25) is 0 Å². The molecule has 0 unspecified atom stereocenters. The highest BCUT2D eigenvalue weighted by molar-refractivity contribution is 5.85. The molecule has 6 heteroatoms. The Morgan fingerprint density at radius 1 is 1.28 bits per heavy atom. The maximum absolute atomic E-state index is 13.0. The van der Waals surface area contributed by atoms with Crippen molar-refractivity contribution in [3.63, 3.8) is 0 Å². The molecule has 104 valence electrons. The average Bonchev–Trinajstić information content (AvgIpc) is 2.32. The first kappa shape index (κ1) is 17.4. The van der Waals surface area contributed by atoms with E-state index in [0.717, 1.165) is 25.9 Å². The second kappa shape index (κ2) is 8.53. The largest absolute Gasteiger partial charge is 0.508 e. The van der Waals surface area contributed by atoms with Gasteiger partial charge in [0.1, 0.15) is 11.6 Å². The summed E-state index contributed by atoms with van der Waals surface area (Å²) in [5.41, 5.74) is 0.624. The Morgan fingerprint density at radius 2 is 1.94 bits per heavy atom. The first-order valence-corrected chi connectivity index (χ1v) is 5.67. The first-order valence-electron chi connectivity index (χ1n) is 5.67. The van der Waals surface area contributed by atoms with Crippen LogP contribution in [0.25, 0.3) is 0 Å². The summed E-state index contributed by atoms with van der Waals surface area (Å²) in [6.07, 6.45) is 2.16. The predicted molar refractivity (Wildman–Crippen MR) is 75.3 cm³/mol. The van der Waals surface area contributed by atoms with Crippen molar-refractivity contribution >= 4 is 24.8 Å². The molecule has 1 fully saturated rings. The van der Waals surface area contributed by atoms with Crippen molar-refractivity contribution in [3.05, 3.63) is 29.6 Å². The topological polar surface area (TPSA) is 44.3 Å². The van der Waals surface area contributed by atoms with E-state index in [1.165, 1.54) is 18.2 Å². The van der Waals surface area contributed by atoms with E-state index in [1.54, 1.807) is 0 Å². The van der Waals surface area contributed by atoms with Crippen LogP contribution in [0.3, 0.4) is 0 Å². The fourth-order valence-corrected chi connectivity index (χ4v) is 1.98. The van der Waals surface area contributed by atoms with Crippen LogP contribution in [0, 0.1) is 5.82 Å². The van der Waals surface area contributed by atoms with Gasteiger partial charge in [-0.2, -0.15) is 0 Å². The summed E-state index contributed by atoms with van der Waals surface area (Å²) >= 11 is 0. The normalized spacial score (nSPS) is 15.6. The molecule has 1 aromatic rings. The molecular formula is C12H19Cl2FN2O. The fourth-order valence-electron chi connectivity index (χ4n) is 1.98. The molecule has 1 aliphatic heterocycles. The molecule has 1 heterocycles. The Kier molecular flexibility index (Phi) is 8.27. The lowest BCUT2D eigenvalue weighted by atomic mass is 10.1. The number of rotatable bonds is 3. The van der Waals surface area contributed by atoms with Crippen molar-refractivity contribution in [1.29, 1.82) is 0 Å². The van der Waals surface area contributed by atoms with E-state index in [-0.39, 0.29) is 36.4 Å². The summed E-state index contributed by atoms with van der Waals surface area (Å²) in [7, 11) is 0. The van der Waals surface area contributed by atoms with Crippen LogP contribution in [-0.2, 0) is 6.54 Å². The van der Waals surface area contributed by atoms with Gasteiger partial charge in [-0.25, -0.2) is 4.39 Å². The van der Waals surface area contributed by atoms with Crippen LogP contribution in [-0.4, -0.2) is 24.2 Å². The number of nitrogens with one attached hydrogen (secondary N) is 2. The zero-order valence-electron chi connectivity index (χ0n) is 9.99. The molecule has 0 bridgehead atoms. The van der Waals surface area contributed by atoms with Gasteiger partial charge in [0, 0.05) is 18.2 Å². The fraction of sp³-hybridized carbons (Fsp3) is 0.500. The van der Waals surface area contributed by atoms with Gasteiger partial charge in [-0.1, -0.05) is 0 Å². The SMILES string of the molecule is Cl.Cl.Oc1ccc(F)cc1CNC1CCNCC1. The van der Waals surface area contributed by atoms with Gasteiger partial charge < -0.3 is 15.7 Å². The molecule has 18 heavy (non-hydrogen) atoms. The molecule has 0 amide bonds. The maximum Gasteiger partial charge on any atom is 0.123 e. The second-order valence-corrected chi connectivity index (χ2v) is 4.18. The molecular weight excluding hydrogens is 278 g/mol. The van der Waals surface area contributed by atoms with Crippen molar-refractivity contribution in [1.82, 2.24) is 10.6 Å². The quantitative estimate of drug-likeness (QED) is 0.801. The molecule has 3 N–H and O–H groups in total. The van der Waals surface area contributed by atoms with Gasteiger partial charge in [0.15, 0.2) is 0 Å². The van der Waals surface area contributed by atoms with Crippen molar-refractivity contribution in [2.45, 2.75) is 25.4 Å². The van der Waals surface area contributed by atoms with E-state index in [2.05, 4.69) is 10.6 Å². The number of hydrogen-bond donors (Lipinski definition) is 3. The van der Waals surface area contributed by atoms with Crippen molar-refractivity contribution in [2.24, 2.45) is 0 Å². The van der Waals surface area contributed by atoms with Gasteiger partial charge in [-0.15, -0.1) is 24.8 Å². The van der Waals surface area contributed by atoms with Gasteiger partial charge >= 0.3 is 0 Å². The smallest absolute Gasteiger partial charge is 0.123 e. The first-order chi connectivity index (χ1) is 7.75. The van der Waals surface area contributed by atoms with E-state index in [9.17, 15) is 9.50 Å². The van der Waals surface area contributed by atoms with Crippen LogP contribution in [0.4, 0.5) is 4.39 Å². The summed E-state index contributed by atoms with van der Waals surface area (Å²) < 4.78 is 13.0. The van der Waals surface area contributed by atoms with Gasteiger partial charge in [0.2, 0.25) is 0 Å². The van der Waals surface area contributed by atoms with Gasteiger partial charge in [0.25, 0.3) is 0 Å². The predicted octanol–water partition coefficient (Wildman–Crippen LogP) is 2.22. The minimum absolute atomic E-state index is 0. The number of halogens is 3. The minimum atomic E-state index is -0.306. The van der Waals surface area contributed by atoms with Crippen molar-refractivity contribution < 1.29 is 9.50 Å². The molecule has 0 aromatic heterocycles. The highest BCUT2D eigenvalue weighted by Crippen LogP contribution is 2.18. The monoisotopic (exact) mass is 296 g/mol. The summed E-state index contributed by atoms with van der Waals surface area (Å²) in [6, 6.07) is 4.51. The number of piperidine rings is 1. The lowest BCUT2D eigenvalue weighted by Crippen LogP contribution is -2.39. The molecule has 0 saturated carbocycles. The molecule has 0 radical (unpaired) electrons. The molecule has 0 aliphatic carbocycles. The van der Waals surface area contributed by atoms with Gasteiger partial charge in [-0.3, -0.25) is 0 Å². The average molecular weight is 297 g/mol. The number of phenols is 1. The Balaban J connectivity index is 0.00000144. The summed E-state index contributed by atoms with van der Waals surface area (Å²) in [4.78, 5) is 0. The Morgan fingerprint density at radius 3 is 2.61 bits per heavy atom. The third-order valence-corrected chi connectivity index (χ3v) is 2.96. The second-order valence-electron chi connectivity index (χ2n) is 4.18. The number of phenolic OH excluding ortho intramolecular Hbond substituents is 1. The molecule has 1 saturated heterocycles. The third kappa shape index (κ3) is 4.98. The molecule has 1 aliphatic rings. The Labute approximate surface area is 119 Å². The van der Waals surface area contributed by atoms with E-state index >= 15 is 0 Å². The molecule has 1 aromatic carbocycles. The minimum Gasteiger partial charge on any atom is -0.508 e. The van der Waals surface area contributed by atoms with Gasteiger partial charge in [0.05, 0.1) is 0 Å². The highest BCUT2D eigenvalue weighted by atomic mass is 35.5. The van der Waals surface area contributed by atoms with Crippen molar-refractivity contribution in [2.75, 3.05) is 13.1 Å². The molecule has 0 spiro atoms. The van der Waals surface area contributed by atoms with Crippen LogP contribution < -0.4 is 10.6 Å². The van der Waals surface area contributed by atoms with Gasteiger partial charge in [-0.05, 0) is 44.1 Å². The van der Waals surface area contributed by atoms with Crippen LogP contribution in [0.15, 0.2) is 18.2 Å². The standard InChI is InChI=1S/C12H17FN2O.2ClH/c13-10-1-2-12(16)9(7-10)8-15-11-3-5-14-6-4-11;;/h1-2,7,11,14-16H,3-6,8H2;2*1H. The van der Waals surface area contributed by atoms with E-state index in [0.29, 0.717) is 18.2 Å². The van der Waals surface area contributed by atoms with Crippen LogP contribution in [0.5, 0.6) is 5.75 Å². The summed E-state index contributed by atoms with van der Waals surface area (Å²) in [5, 5.41) is 16.2. The van der Waals surface area contributed by atoms with E-state index in [1.807, 2.05) is 0 Å². The van der Waals surface area contributed by atoms with E-state index in [4.69, 9.17) is 0 Å². The number of hydrogen-bond acceptors (Lipinski definition) is 3. The highest BCUT2D eigenvalue weighted by Gasteiger charge is 2.12. The molecule has 0 atom stereocenters. The zero-order chi connectivity index (χ0) is 11.4. The Bertz CT molecular complexity index is 360. The summed E-state index contributed by atoms with van der Waals surface area (Å²) in [5.74, 6) is -0.150. The lowest BCUT2D eigenvalue weighted by molar-refractivity contribution is 0.381. The molecule has 3 nitrogen and oxygen atoms in total. The number of aromatic hydroxyl groups is 1.